The number of rotatable bonds is 21. The first-order valence-corrected chi connectivity index (χ1v) is 12.3. The molecule has 0 aromatic carbocycles. The number of nitrogens with two attached hydrogens (primary N) is 1. The summed E-state index contributed by atoms with van der Waals surface area (Å²) in [4.78, 5) is 11.7. The fourth-order valence-corrected chi connectivity index (χ4v) is 4.27. The average Bonchev–Trinajstić information content (AvgIpc) is 2.74. The molecule has 0 bridgehead atoms. The lowest BCUT2D eigenvalue weighted by atomic mass is 9.98. The second kappa shape index (κ2) is 19.2. The van der Waals surface area contributed by atoms with E-state index in [1.807, 2.05) is 28.2 Å². The molecule has 0 aliphatic heterocycles. The Kier molecular flexibility index (Phi) is 18.6. The van der Waals surface area contributed by atoms with Gasteiger partial charge < -0.3 is 53.6 Å². The molecule has 0 spiro atoms. The van der Waals surface area contributed by atoms with Gasteiger partial charge in [-0.05, 0) is 59.8 Å². The summed E-state index contributed by atoms with van der Waals surface area (Å²) in [7, 11) is 7.66. The Labute approximate surface area is 206 Å². The number of amides is 1. The summed E-state index contributed by atoms with van der Waals surface area (Å²) in [6.07, 6.45) is 1.97. The number of thiocarbonyl (C=S) groups is 1. The third-order valence-corrected chi connectivity index (χ3v) is 5.45. The molecule has 0 saturated heterocycles. The molecule has 0 aromatic rings. The normalized spacial score (nSPS) is 11.9. The zero-order chi connectivity index (χ0) is 25.0. The van der Waals surface area contributed by atoms with Gasteiger partial charge in [0.15, 0.2) is 5.11 Å². The number of unbranched alkanes of at least 4 members (excludes halogenated alkanes) is 1. The first-order valence-electron chi connectivity index (χ1n) is 11.9. The van der Waals surface area contributed by atoms with E-state index in [4.69, 9.17) is 18.0 Å². The molecule has 0 aromatic heterocycles. The summed E-state index contributed by atoms with van der Waals surface area (Å²) in [5.41, 5.74) is 4.89. The molecule has 0 aliphatic carbocycles. The Bertz CT molecular complexity index is 511. The summed E-state index contributed by atoms with van der Waals surface area (Å²) in [6, 6.07) is 0. The molecule has 0 fully saturated rings. The third kappa shape index (κ3) is 14.7. The van der Waals surface area contributed by atoms with Crippen LogP contribution in [0.15, 0.2) is 0 Å². The van der Waals surface area contributed by atoms with Crippen molar-refractivity contribution in [3.8, 4) is 0 Å². The molecule has 12 heteroatoms. The summed E-state index contributed by atoms with van der Waals surface area (Å²) >= 11 is 5.53. The van der Waals surface area contributed by atoms with E-state index >= 15 is 0 Å². The van der Waals surface area contributed by atoms with Gasteiger partial charge in [-0.3, -0.25) is 4.79 Å². The van der Waals surface area contributed by atoms with E-state index in [9.17, 15) is 4.79 Å². The fourth-order valence-electron chi connectivity index (χ4n) is 3.96. The van der Waals surface area contributed by atoms with Gasteiger partial charge in [-0.25, -0.2) is 0 Å². The predicted molar refractivity (Wildman–Crippen MR) is 143 cm³/mol. The van der Waals surface area contributed by atoms with Crippen molar-refractivity contribution in [2.45, 2.75) is 30.8 Å². The standard InChI is InChI=1S/C21H50N10OS/c1-18(32)30-20(12-23-2,13-24-3)16-27-10-11-28-17-21(14-25-4,15-26-5)31-19(33)29-9-7-6-8-22/h23-28H,6-17,22H2,1-5H3,(H,30,32)(H2,29,31,33). The van der Waals surface area contributed by atoms with Gasteiger partial charge in [-0.1, -0.05) is 0 Å². The number of hydrogen-bond acceptors (Lipinski definition) is 9. The van der Waals surface area contributed by atoms with E-state index < -0.39 is 0 Å². The highest BCUT2D eigenvalue weighted by Gasteiger charge is 2.30. The van der Waals surface area contributed by atoms with E-state index in [-0.39, 0.29) is 17.0 Å². The molecule has 0 aliphatic rings. The SMILES string of the molecule is CNCC(CNC)(CNCCNCC(CNC)(CNC)NC(=S)NCCCCN)NC(C)=O. The van der Waals surface area contributed by atoms with Crippen LogP contribution in [0.4, 0.5) is 0 Å². The number of hydrogen-bond donors (Lipinski definition) is 10. The van der Waals surface area contributed by atoms with Crippen molar-refractivity contribution in [3.05, 3.63) is 0 Å². The van der Waals surface area contributed by atoms with Crippen LogP contribution < -0.4 is 53.6 Å². The van der Waals surface area contributed by atoms with Gasteiger partial charge in [0.1, 0.15) is 0 Å². The van der Waals surface area contributed by atoms with Crippen LogP contribution in [0.25, 0.3) is 0 Å². The number of nitrogens with one attached hydrogen (secondary N) is 9. The maximum atomic E-state index is 11.7. The molecular formula is C21H50N10OS. The molecule has 33 heavy (non-hydrogen) atoms. The third-order valence-electron chi connectivity index (χ3n) is 5.20. The van der Waals surface area contributed by atoms with E-state index in [0.717, 1.165) is 52.1 Å². The minimum atomic E-state index is -0.388. The van der Waals surface area contributed by atoms with Gasteiger partial charge in [0.2, 0.25) is 5.91 Å². The number of likely N-dealkylation sites (N-methyl/N-ethyl adjacent to an activating group) is 4. The smallest absolute Gasteiger partial charge is 0.217 e. The van der Waals surface area contributed by atoms with Crippen LogP contribution in [0.1, 0.15) is 19.8 Å². The quantitative estimate of drug-likeness (QED) is 0.0587. The van der Waals surface area contributed by atoms with Crippen molar-refractivity contribution in [1.82, 2.24) is 47.9 Å². The first kappa shape index (κ1) is 31.9. The van der Waals surface area contributed by atoms with E-state index in [2.05, 4.69) is 47.9 Å². The van der Waals surface area contributed by atoms with E-state index in [0.29, 0.717) is 31.3 Å². The second-order valence-electron chi connectivity index (χ2n) is 8.59. The molecule has 0 unspecified atom stereocenters. The molecule has 0 atom stereocenters. The Balaban J connectivity index is 4.71. The van der Waals surface area contributed by atoms with Crippen LogP contribution in [-0.2, 0) is 4.79 Å². The van der Waals surface area contributed by atoms with Crippen LogP contribution in [0.5, 0.6) is 0 Å². The topological polar surface area (TPSA) is 151 Å². The van der Waals surface area contributed by atoms with Crippen molar-refractivity contribution in [1.29, 1.82) is 0 Å². The first-order chi connectivity index (χ1) is 15.8. The van der Waals surface area contributed by atoms with Gasteiger partial charge in [-0.15, -0.1) is 0 Å². The van der Waals surface area contributed by atoms with Gasteiger partial charge in [0.05, 0.1) is 11.1 Å². The second-order valence-corrected chi connectivity index (χ2v) is 9.00. The van der Waals surface area contributed by atoms with Gasteiger partial charge in [0, 0.05) is 65.8 Å². The predicted octanol–water partition coefficient (Wildman–Crippen LogP) is -3.14. The molecule has 0 rings (SSSR count). The lowest BCUT2D eigenvalue weighted by Gasteiger charge is -2.36. The number of carbonyl (C=O) groups is 1. The lowest BCUT2D eigenvalue weighted by molar-refractivity contribution is -0.120. The fraction of sp³-hybridized carbons (Fsp3) is 0.905. The van der Waals surface area contributed by atoms with Crippen molar-refractivity contribution in [2.75, 3.05) is 93.6 Å². The molecule has 11 nitrogen and oxygen atoms in total. The highest BCUT2D eigenvalue weighted by molar-refractivity contribution is 7.80. The summed E-state index contributed by atoms with van der Waals surface area (Å²) in [6.45, 7) is 8.81. The monoisotopic (exact) mass is 490 g/mol. The van der Waals surface area contributed by atoms with E-state index in [1.165, 1.54) is 0 Å². The van der Waals surface area contributed by atoms with Crippen LogP contribution in [0.3, 0.4) is 0 Å². The van der Waals surface area contributed by atoms with Crippen molar-refractivity contribution < 1.29 is 4.79 Å². The van der Waals surface area contributed by atoms with Crippen LogP contribution >= 0.6 is 12.2 Å². The Morgan fingerprint density at radius 3 is 1.58 bits per heavy atom. The maximum Gasteiger partial charge on any atom is 0.217 e. The largest absolute Gasteiger partial charge is 0.363 e. The lowest BCUT2D eigenvalue weighted by Crippen LogP contribution is -2.66. The van der Waals surface area contributed by atoms with Crippen molar-refractivity contribution in [3.63, 3.8) is 0 Å². The molecule has 0 heterocycles. The molecule has 0 radical (unpaired) electrons. The summed E-state index contributed by atoms with van der Waals surface area (Å²) < 4.78 is 0. The van der Waals surface area contributed by atoms with Crippen LogP contribution in [-0.4, -0.2) is 116 Å². The zero-order valence-electron chi connectivity index (χ0n) is 21.4. The molecule has 11 N–H and O–H groups in total. The van der Waals surface area contributed by atoms with Gasteiger partial charge >= 0.3 is 0 Å². The zero-order valence-corrected chi connectivity index (χ0v) is 22.2. The maximum absolute atomic E-state index is 11.7. The van der Waals surface area contributed by atoms with Crippen molar-refractivity contribution >= 4 is 23.2 Å². The molecule has 1 amide bonds. The minimum absolute atomic E-state index is 0.0389. The highest BCUT2D eigenvalue weighted by atomic mass is 32.1. The summed E-state index contributed by atoms with van der Waals surface area (Å²) in [5, 5.41) is 30.4. The Morgan fingerprint density at radius 1 is 0.727 bits per heavy atom. The molecule has 0 saturated carbocycles. The molecule has 196 valence electrons. The van der Waals surface area contributed by atoms with Gasteiger partial charge in [0.25, 0.3) is 0 Å². The highest BCUT2D eigenvalue weighted by Crippen LogP contribution is 2.03. The van der Waals surface area contributed by atoms with Crippen LogP contribution in [0, 0.1) is 0 Å². The average molecular weight is 491 g/mol. The minimum Gasteiger partial charge on any atom is -0.363 e. The van der Waals surface area contributed by atoms with E-state index in [1.54, 1.807) is 6.92 Å². The van der Waals surface area contributed by atoms with Crippen molar-refractivity contribution in [2.24, 2.45) is 5.73 Å². The molecular weight excluding hydrogens is 440 g/mol. The summed E-state index contributed by atoms with van der Waals surface area (Å²) in [5.74, 6) is -0.0389. The van der Waals surface area contributed by atoms with Gasteiger partial charge in [-0.2, -0.15) is 0 Å². The number of carbonyl (C=O) groups excluding carboxylic acids is 1. The van der Waals surface area contributed by atoms with Crippen LogP contribution in [0.2, 0.25) is 0 Å². The Morgan fingerprint density at radius 2 is 1.18 bits per heavy atom. The Hall–Kier alpha value is -1.12.